The predicted octanol–water partition coefficient (Wildman–Crippen LogP) is 2.66. The third kappa shape index (κ3) is 5.01. The minimum Gasteiger partial charge on any atom is -0.497 e. The number of para-hydroxylation sites is 1. The topological polar surface area (TPSA) is 95.2 Å². The van der Waals surface area contributed by atoms with Gasteiger partial charge in [0.15, 0.2) is 0 Å². The molecule has 0 aliphatic heterocycles. The van der Waals surface area contributed by atoms with Crippen molar-refractivity contribution < 1.29 is 14.3 Å². The number of anilines is 1. The lowest BCUT2D eigenvalue weighted by Crippen LogP contribution is -2.39. The number of aromatic amines is 1. The van der Waals surface area contributed by atoms with E-state index in [1.807, 2.05) is 30.5 Å². The Balaban J connectivity index is 1.38. The summed E-state index contributed by atoms with van der Waals surface area (Å²) in [6.45, 7) is 0.415. The van der Waals surface area contributed by atoms with Gasteiger partial charge >= 0.3 is 6.03 Å². The van der Waals surface area contributed by atoms with Crippen LogP contribution in [0.15, 0.2) is 54.7 Å². The molecule has 4 N–H and O–H groups in total. The number of benzene rings is 2. The number of ether oxygens (including phenoxy) is 1. The molecule has 7 heteroatoms. The standard InChI is InChI=1S/C20H22N4O3/c1-27-16-8-6-15(7-9-16)24-20(26)23-13-19(25)21-11-10-14-12-22-18-5-3-2-4-17(14)18/h2-9,12,22H,10-11,13H2,1H3,(H,21,25)(H2,23,24,26). The molecular formula is C20H22N4O3. The molecule has 140 valence electrons. The highest BCUT2D eigenvalue weighted by molar-refractivity contribution is 5.92. The summed E-state index contributed by atoms with van der Waals surface area (Å²) in [6.07, 6.45) is 2.67. The van der Waals surface area contributed by atoms with Crippen molar-refractivity contribution in [2.75, 3.05) is 25.5 Å². The average Bonchev–Trinajstić information content (AvgIpc) is 3.10. The van der Waals surface area contributed by atoms with Crippen molar-refractivity contribution in [1.29, 1.82) is 0 Å². The fourth-order valence-electron chi connectivity index (χ4n) is 2.75. The first-order valence-corrected chi connectivity index (χ1v) is 8.66. The number of aromatic nitrogens is 1. The number of urea groups is 1. The van der Waals surface area contributed by atoms with Crippen LogP contribution in [0.25, 0.3) is 10.9 Å². The van der Waals surface area contributed by atoms with Crippen LogP contribution in [0.1, 0.15) is 5.56 Å². The minimum atomic E-state index is -0.438. The number of hydrogen-bond donors (Lipinski definition) is 4. The molecule has 0 fully saturated rings. The quantitative estimate of drug-likeness (QED) is 0.518. The molecule has 3 amide bonds. The normalized spacial score (nSPS) is 10.4. The first-order valence-electron chi connectivity index (χ1n) is 8.66. The molecule has 0 saturated carbocycles. The molecular weight excluding hydrogens is 344 g/mol. The molecule has 0 bridgehead atoms. The lowest BCUT2D eigenvalue weighted by atomic mass is 10.1. The Labute approximate surface area is 157 Å². The number of H-pyrrole nitrogens is 1. The van der Waals surface area contributed by atoms with Crippen molar-refractivity contribution in [3.63, 3.8) is 0 Å². The maximum absolute atomic E-state index is 11.9. The van der Waals surface area contributed by atoms with Crippen molar-refractivity contribution in [2.45, 2.75) is 6.42 Å². The molecule has 0 atom stereocenters. The number of methoxy groups -OCH3 is 1. The van der Waals surface area contributed by atoms with Crippen LogP contribution in [0, 0.1) is 0 Å². The first-order chi connectivity index (χ1) is 13.2. The number of rotatable bonds is 7. The fraction of sp³-hybridized carbons (Fsp3) is 0.200. The number of nitrogens with one attached hydrogen (secondary N) is 4. The summed E-state index contributed by atoms with van der Waals surface area (Å²) in [5.41, 5.74) is 2.85. The van der Waals surface area contributed by atoms with Gasteiger partial charge in [-0.2, -0.15) is 0 Å². The van der Waals surface area contributed by atoms with E-state index < -0.39 is 6.03 Å². The molecule has 1 heterocycles. The van der Waals surface area contributed by atoms with E-state index in [0.717, 1.165) is 16.5 Å². The largest absolute Gasteiger partial charge is 0.497 e. The molecule has 0 saturated heterocycles. The first kappa shape index (κ1) is 18.3. The van der Waals surface area contributed by atoms with Crippen LogP contribution >= 0.6 is 0 Å². The van der Waals surface area contributed by atoms with Gasteiger partial charge < -0.3 is 25.7 Å². The Morgan fingerprint density at radius 2 is 1.81 bits per heavy atom. The summed E-state index contributed by atoms with van der Waals surface area (Å²) in [7, 11) is 1.58. The molecule has 0 aliphatic carbocycles. The van der Waals surface area contributed by atoms with Crippen LogP contribution in [0.2, 0.25) is 0 Å². The Bertz CT molecular complexity index is 918. The minimum absolute atomic E-state index is 0.0874. The maximum Gasteiger partial charge on any atom is 0.319 e. The second-order valence-corrected chi connectivity index (χ2v) is 6.00. The Hall–Kier alpha value is -3.48. The van der Waals surface area contributed by atoms with Gasteiger partial charge in [-0.1, -0.05) is 18.2 Å². The van der Waals surface area contributed by atoms with E-state index in [0.29, 0.717) is 24.4 Å². The highest BCUT2D eigenvalue weighted by Gasteiger charge is 2.07. The van der Waals surface area contributed by atoms with E-state index in [4.69, 9.17) is 4.74 Å². The summed E-state index contributed by atoms with van der Waals surface area (Å²) in [5, 5.41) is 9.16. The molecule has 7 nitrogen and oxygen atoms in total. The Kier molecular flexibility index (Phi) is 5.94. The number of amides is 3. The van der Waals surface area contributed by atoms with E-state index >= 15 is 0 Å². The van der Waals surface area contributed by atoms with Crippen LogP contribution < -0.4 is 20.7 Å². The van der Waals surface area contributed by atoms with Gasteiger partial charge in [-0.05, 0) is 42.3 Å². The van der Waals surface area contributed by atoms with Crippen molar-refractivity contribution in [3.8, 4) is 5.75 Å². The third-order valence-corrected chi connectivity index (χ3v) is 4.15. The van der Waals surface area contributed by atoms with Gasteiger partial charge in [0.05, 0.1) is 13.7 Å². The second kappa shape index (κ2) is 8.75. The number of fused-ring (bicyclic) bond motifs is 1. The fourth-order valence-corrected chi connectivity index (χ4v) is 2.75. The lowest BCUT2D eigenvalue weighted by molar-refractivity contribution is -0.120. The van der Waals surface area contributed by atoms with Crippen LogP contribution in [0.5, 0.6) is 5.75 Å². The van der Waals surface area contributed by atoms with Crippen LogP contribution in [-0.4, -0.2) is 37.1 Å². The van der Waals surface area contributed by atoms with Crippen molar-refractivity contribution in [2.24, 2.45) is 0 Å². The summed E-state index contributed by atoms with van der Waals surface area (Å²) >= 11 is 0. The Morgan fingerprint density at radius 3 is 2.59 bits per heavy atom. The summed E-state index contributed by atoms with van der Waals surface area (Å²) < 4.78 is 5.06. The van der Waals surface area contributed by atoms with E-state index in [1.54, 1.807) is 31.4 Å². The summed E-state index contributed by atoms with van der Waals surface area (Å²) in [6, 6.07) is 14.5. The smallest absolute Gasteiger partial charge is 0.319 e. The highest BCUT2D eigenvalue weighted by atomic mass is 16.5. The van der Waals surface area contributed by atoms with Gasteiger partial charge in [0.1, 0.15) is 5.75 Å². The van der Waals surface area contributed by atoms with Gasteiger partial charge in [-0.3, -0.25) is 4.79 Å². The third-order valence-electron chi connectivity index (χ3n) is 4.15. The number of carbonyl (C=O) groups excluding carboxylic acids is 2. The SMILES string of the molecule is COc1ccc(NC(=O)NCC(=O)NCCc2c[nH]c3ccccc23)cc1. The molecule has 0 aliphatic rings. The van der Waals surface area contributed by atoms with Crippen LogP contribution in [0.3, 0.4) is 0 Å². The van der Waals surface area contributed by atoms with Crippen LogP contribution in [0.4, 0.5) is 10.5 Å². The summed E-state index contributed by atoms with van der Waals surface area (Å²) in [4.78, 5) is 26.9. The monoisotopic (exact) mass is 366 g/mol. The lowest BCUT2D eigenvalue weighted by Gasteiger charge is -2.09. The predicted molar refractivity (Wildman–Crippen MR) is 105 cm³/mol. The van der Waals surface area contributed by atoms with Gasteiger partial charge in [0.25, 0.3) is 0 Å². The zero-order valence-electron chi connectivity index (χ0n) is 15.0. The van der Waals surface area contributed by atoms with Gasteiger partial charge in [-0.15, -0.1) is 0 Å². The Morgan fingerprint density at radius 1 is 1.04 bits per heavy atom. The zero-order chi connectivity index (χ0) is 19.1. The van der Waals surface area contributed by atoms with Crippen LogP contribution in [-0.2, 0) is 11.2 Å². The van der Waals surface area contributed by atoms with Gasteiger partial charge in [0, 0.05) is 29.3 Å². The molecule has 27 heavy (non-hydrogen) atoms. The molecule has 3 aromatic rings. The molecule has 0 unspecified atom stereocenters. The second-order valence-electron chi connectivity index (χ2n) is 6.00. The number of carbonyl (C=O) groups is 2. The van der Waals surface area contributed by atoms with Gasteiger partial charge in [0.2, 0.25) is 5.91 Å². The average molecular weight is 366 g/mol. The molecule has 0 spiro atoms. The van der Waals surface area contributed by atoms with E-state index in [9.17, 15) is 9.59 Å². The maximum atomic E-state index is 11.9. The van der Waals surface area contributed by atoms with E-state index in [2.05, 4.69) is 20.9 Å². The van der Waals surface area contributed by atoms with E-state index in [1.165, 1.54) is 0 Å². The van der Waals surface area contributed by atoms with Crippen molar-refractivity contribution in [1.82, 2.24) is 15.6 Å². The van der Waals surface area contributed by atoms with Gasteiger partial charge in [-0.25, -0.2) is 4.79 Å². The van der Waals surface area contributed by atoms with E-state index in [-0.39, 0.29) is 12.5 Å². The molecule has 1 aromatic heterocycles. The van der Waals surface area contributed by atoms with Crippen molar-refractivity contribution >= 4 is 28.5 Å². The highest BCUT2D eigenvalue weighted by Crippen LogP contribution is 2.17. The molecule has 3 rings (SSSR count). The molecule has 2 aromatic carbocycles. The zero-order valence-corrected chi connectivity index (χ0v) is 15.0. The summed E-state index contributed by atoms with van der Waals surface area (Å²) in [5.74, 6) is 0.468. The molecule has 0 radical (unpaired) electrons. The van der Waals surface area contributed by atoms with Crippen molar-refractivity contribution in [3.05, 3.63) is 60.3 Å². The number of hydrogen-bond acceptors (Lipinski definition) is 3.